The van der Waals surface area contributed by atoms with Crippen LogP contribution in [0.4, 0.5) is 21.8 Å². The number of carbonyl (C=O) groups excluding carboxylic acids is 1. The van der Waals surface area contributed by atoms with Crippen molar-refractivity contribution in [2.75, 3.05) is 29.5 Å². The molecular formula is C22H24FN7O. The van der Waals surface area contributed by atoms with Gasteiger partial charge >= 0.3 is 0 Å². The summed E-state index contributed by atoms with van der Waals surface area (Å²) in [5, 5.41) is 3.00. The fourth-order valence-electron chi connectivity index (χ4n) is 3.68. The van der Waals surface area contributed by atoms with Gasteiger partial charge in [-0.15, -0.1) is 0 Å². The minimum atomic E-state index is -0.514. The average Bonchev–Trinajstić information content (AvgIpc) is 2.79. The number of aromatic nitrogens is 3. The second kappa shape index (κ2) is 8.95. The Kier molecular flexibility index (Phi) is 5.92. The van der Waals surface area contributed by atoms with E-state index in [1.54, 1.807) is 24.5 Å². The van der Waals surface area contributed by atoms with Crippen molar-refractivity contribution in [2.24, 2.45) is 5.92 Å². The standard InChI is InChI=1S/C22H24FN7O/c23-17-10-15(3-4-18(17)24)19-11-20(29-22(25)28-19)30-9-1-2-16(13-30)21(31)27-12-14-5-7-26-8-6-14/h3-8,10-11,16H,1-2,9,12-13,24H2,(H,27,31)(H2,25,28,29)/t16-/m0/s1. The first kappa shape index (κ1) is 20.5. The van der Waals surface area contributed by atoms with E-state index in [0.717, 1.165) is 24.9 Å². The Balaban J connectivity index is 1.48. The zero-order valence-corrected chi connectivity index (χ0v) is 17.0. The molecule has 4 rings (SSSR count). The van der Waals surface area contributed by atoms with Gasteiger partial charge in [0, 0.05) is 43.7 Å². The topological polar surface area (TPSA) is 123 Å². The predicted octanol–water partition coefficient (Wildman–Crippen LogP) is 2.37. The Morgan fingerprint density at radius 3 is 2.74 bits per heavy atom. The van der Waals surface area contributed by atoms with Crippen molar-refractivity contribution >= 4 is 23.4 Å². The first-order valence-electron chi connectivity index (χ1n) is 10.1. The fourth-order valence-corrected chi connectivity index (χ4v) is 3.68. The SMILES string of the molecule is Nc1nc(-c2ccc(N)c(F)c2)cc(N2CCC[C@H](C(=O)NCc3ccncc3)C2)n1. The van der Waals surface area contributed by atoms with Crippen LogP contribution in [-0.2, 0) is 11.3 Å². The van der Waals surface area contributed by atoms with Gasteiger partial charge in [-0.2, -0.15) is 4.98 Å². The summed E-state index contributed by atoms with van der Waals surface area (Å²) in [5.74, 6) is 0.0362. The molecular weight excluding hydrogens is 397 g/mol. The van der Waals surface area contributed by atoms with Gasteiger partial charge in [0.2, 0.25) is 11.9 Å². The number of pyridine rings is 1. The number of amides is 1. The van der Waals surface area contributed by atoms with Gasteiger partial charge in [-0.1, -0.05) is 6.07 Å². The molecule has 0 bridgehead atoms. The number of nitrogen functional groups attached to an aromatic ring is 2. The molecule has 1 aliphatic rings. The number of nitrogens with two attached hydrogens (primary N) is 2. The summed E-state index contributed by atoms with van der Waals surface area (Å²) in [6.45, 7) is 1.74. The Hall–Kier alpha value is -3.75. The van der Waals surface area contributed by atoms with Crippen LogP contribution in [0.5, 0.6) is 0 Å². The maximum atomic E-state index is 13.9. The van der Waals surface area contributed by atoms with E-state index in [1.165, 1.54) is 12.1 Å². The van der Waals surface area contributed by atoms with Crippen LogP contribution in [0.25, 0.3) is 11.3 Å². The van der Waals surface area contributed by atoms with Crippen LogP contribution in [-0.4, -0.2) is 33.9 Å². The number of nitrogens with one attached hydrogen (secondary N) is 1. The van der Waals surface area contributed by atoms with Gasteiger partial charge in [0.1, 0.15) is 11.6 Å². The summed E-state index contributed by atoms with van der Waals surface area (Å²) < 4.78 is 13.9. The molecule has 9 heteroatoms. The molecule has 31 heavy (non-hydrogen) atoms. The number of piperidine rings is 1. The molecule has 160 valence electrons. The van der Waals surface area contributed by atoms with E-state index in [4.69, 9.17) is 11.5 Å². The van der Waals surface area contributed by atoms with Crippen molar-refractivity contribution in [3.05, 3.63) is 60.2 Å². The number of benzene rings is 1. The maximum absolute atomic E-state index is 13.9. The molecule has 3 heterocycles. The molecule has 0 spiro atoms. The van der Waals surface area contributed by atoms with E-state index in [9.17, 15) is 9.18 Å². The molecule has 3 aromatic rings. The lowest BCUT2D eigenvalue weighted by Gasteiger charge is -2.33. The number of anilines is 3. The number of hydrogen-bond donors (Lipinski definition) is 3. The maximum Gasteiger partial charge on any atom is 0.225 e. The van der Waals surface area contributed by atoms with Gasteiger partial charge in [0.15, 0.2) is 0 Å². The van der Waals surface area contributed by atoms with E-state index in [2.05, 4.69) is 20.3 Å². The van der Waals surface area contributed by atoms with Crippen LogP contribution < -0.4 is 21.7 Å². The monoisotopic (exact) mass is 421 g/mol. The lowest BCUT2D eigenvalue weighted by molar-refractivity contribution is -0.125. The zero-order chi connectivity index (χ0) is 21.8. The second-order valence-electron chi connectivity index (χ2n) is 7.56. The third kappa shape index (κ3) is 4.88. The highest BCUT2D eigenvalue weighted by Gasteiger charge is 2.27. The minimum Gasteiger partial charge on any atom is -0.396 e. The van der Waals surface area contributed by atoms with Gasteiger partial charge in [0.05, 0.1) is 17.3 Å². The van der Waals surface area contributed by atoms with Gasteiger partial charge in [-0.05, 0) is 42.7 Å². The van der Waals surface area contributed by atoms with Crippen LogP contribution in [0.1, 0.15) is 18.4 Å². The summed E-state index contributed by atoms with van der Waals surface area (Å²) in [5.41, 5.74) is 13.6. The van der Waals surface area contributed by atoms with Crippen molar-refractivity contribution in [1.29, 1.82) is 0 Å². The molecule has 2 aromatic heterocycles. The molecule has 8 nitrogen and oxygen atoms in total. The summed E-state index contributed by atoms with van der Waals surface area (Å²) in [7, 11) is 0. The van der Waals surface area contributed by atoms with Crippen LogP contribution in [0.2, 0.25) is 0 Å². The molecule has 1 fully saturated rings. The van der Waals surface area contributed by atoms with E-state index in [-0.39, 0.29) is 23.5 Å². The van der Waals surface area contributed by atoms with Crippen molar-refractivity contribution in [3.63, 3.8) is 0 Å². The number of halogens is 1. The van der Waals surface area contributed by atoms with Gasteiger partial charge in [-0.3, -0.25) is 9.78 Å². The normalized spacial score (nSPS) is 16.2. The summed E-state index contributed by atoms with van der Waals surface area (Å²) in [6.07, 6.45) is 5.06. The summed E-state index contributed by atoms with van der Waals surface area (Å²) in [6, 6.07) is 10.0. The van der Waals surface area contributed by atoms with E-state index in [0.29, 0.717) is 30.2 Å². The highest BCUT2D eigenvalue weighted by Crippen LogP contribution is 2.28. The molecule has 0 radical (unpaired) electrons. The number of carbonyl (C=O) groups is 1. The van der Waals surface area contributed by atoms with E-state index >= 15 is 0 Å². The third-order valence-corrected chi connectivity index (χ3v) is 5.36. The minimum absolute atomic E-state index is 0.00405. The third-order valence-electron chi connectivity index (χ3n) is 5.36. The molecule has 1 aromatic carbocycles. The van der Waals surface area contributed by atoms with Crippen LogP contribution >= 0.6 is 0 Å². The number of nitrogens with zero attached hydrogens (tertiary/aromatic N) is 4. The second-order valence-corrected chi connectivity index (χ2v) is 7.56. The average molecular weight is 421 g/mol. The Labute approximate surface area is 179 Å². The Morgan fingerprint density at radius 2 is 1.97 bits per heavy atom. The van der Waals surface area contributed by atoms with Gasteiger partial charge < -0.3 is 21.7 Å². The number of rotatable bonds is 5. The summed E-state index contributed by atoms with van der Waals surface area (Å²) >= 11 is 0. The molecule has 1 atom stereocenters. The predicted molar refractivity (Wildman–Crippen MR) is 117 cm³/mol. The molecule has 1 aliphatic heterocycles. The Bertz CT molecular complexity index is 1080. The van der Waals surface area contributed by atoms with Crippen LogP contribution in [0.3, 0.4) is 0 Å². The highest BCUT2D eigenvalue weighted by atomic mass is 19.1. The van der Waals surface area contributed by atoms with Crippen molar-refractivity contribution < 1.29 is 9.18 Å². The molecule has 0 unspecified atom stereocenters. The fraction of sp³-hybridized carbons (Fsp3) is 0.273. The first-order chi connectivity index (χ1) is 15.0. The first-order valence-corrected chi connectivity index (χ1v) is 10.1. The van der Waals surface area contributed by atoms with Crippen LogP contribution in [0, 0.1) is 11.7 Å². The molecule has 0 aliphatic carbocycles. The molecule has 1 amide bonds. The van der Waals surface area contributed by atoms with E-state index < -0.39 is 5.82 Å². The van der Waals surface area contributed by atoms with Crippen molar-refractivity contribution in [2.45, 2.75) is 19.4 Å². The largest absolute Gasteiger partial charge is 0.396 e. The molecule has 0 saturated carbocycles. The van der Waals surface area contributed by atoms with Crippen LogP contribution in [0.15, 0.2) is 48.8 Å². The quantitative estimate of drug-likeness (QED) is 0.541. The zero-order valence-electron chi connectivity index (χ0n) is 17.0. The van der Waals surface area contributed by atoms with Gasteiger partial charge in [-0.25, -0.2) is 9.37 Å². The van der Waals surface area contributed by atoms with Crippen molar-refractivity contribution in [1.82, 2.24) is 20.3 Å². The molecule has 5 N–H and O–H groups in total. The van der Waals surface area contributed by atoms with Crippen molar-refractivity contribution in [3.8, 4) is 11.3 Å². The number of hydrogen-bond acceptors (Lipinski definition) is 7. The molecule has 1 saturated heterocycles. The highest BCUT2D eigenvalue weighted by molar-refractivity contribution is 5.79. The van der Waals surface area contributed by atoms with Gasteiger partial charge in [0.25, 0.3) is 0 Å². The lowest BCUT2D eigenvalue weighted by Crippen LogP contribution is -2.43. The summed E-state index contributed by atoms with van der Waals surface area (Å²) in [4.78, 5) is 27.3. The smallest absolute Gasteiger partial charge is 0.225 e. The lowest BCUT2D eigenvalue weighted by atomic mass is 9.97. The van der Waals surface area contributed by atoms with E-state index in [1.807, 2.05) is 17.0 Å². The Morgan fingerprint density at radius 1 is 1.16 bits per heavy atom.